The first-order chi connectivity index (χ1) is 8.50. The van der Waals surface area contributed by atoms with Crippen LogP contribution in [0.25, 0.3) is 0 Å². The monoisotopic (exact) mass is 254 g/mol. The summed E-state index contributed by atoms with van der Waals surface area (Å²) in [6, 6.07) is 0. The molecule has 0 bridgehead atoms. The number of hydrogen-bond acceptors (Lipinski definition) is 5. The highest BCUT2D eigenvalue weighted by Gasteiger charge is 2.21. The zero-order valence-corrected chi connectivity index (χ0v) is 10.7. The van der Waals surface area contributed by atoms with E-state index in [4.69, 9.17) is 14.2 Å². The average molecular weight is 254 g/mol. The van der Waals surface area contributed by atoms with E-state index in [0.29, 0.717) is 11.1 Å². The highest BCUT2D eigenvalue weighted by Crippen LogP contribution is 2.15. The molecule has 0 aromatic heterocycles. The van der Waals surface area contributed by atoms with Crippen molar-refractivity contribution in [3.63, 3.8) is 0 Å². The summed E-state index contributed by atoms with van der Waals surface area (Å²) in [5.74, 6) is -0.883. The molecule has 0 saturated carbocycles. The second-order valence-electron chi connectivity index (χ2n) is 4.13. The number of rotatable bonds is 7. The number of epoxide rings is 1. The van der Waals surface area contributed by atoms with Gasteiger partial charge in [-0.1, -0.05) is 12.7 Å². The van der Waals surface area contributed by atoms with Crippen molar-refractivity contribution in [1.29, 1.82) is 0 Å². The number of ether oxygens (including phenoxy) is 3. The Morgan fingerprint density at radius 2 is 1.83 bits per heavy atom. The highest BCUT2D eigenvalue weighted by atomic mass is 16.6. The number of hydrogen-bond donors (Lipinski definition) is 0. The molecular formula is C13H18O5. The Morgan fingerprint density at radius 3 is 2.33 bits per heavy atom. The van der Waals surface area contributed by atoms with E-state index < -0.39 is 11.9 Å². The maximum atomic E-state index is 11.5. The normalized spacial score (nSPS) is 18.1. The molecule has 1 aliphatic rings. The Balaban J connectivity index is 2.13. The van der Waals surface area contributed by atoms with Crippen molar-refractivity contribution in [2.75, 3.05) is 19.8 Å². The van der Waals surface area contributed by atoms with Gasteiger partial charge in [0.2, 0.25) is 0 Å². The molecule has 0 amide bonds. The van der Waals surface area contributed by atoms with E-state index in [2.05, 4.69) is 6.58 Å². The van der Waals surface area contributed by atoms with E-state index in [-0.39, 0.29) is 19.3 Å². The number of carbonyl (C=O) groups is 2. The predicted molar refractivity (Wildman–Crippen MR) is 64.8 cm³/mol. The van der Waals surface area contributed by atoms with Crippen molar-refractivity contribution in [3.05, 3.63) is 23.8 Å². The van der Waals surface area contributed by atoms with Gasteiger partial charge >= 0.3 is 11.9 Å². The molecule has 1 unspecified atom stereocenters. The van der Waals surface area contributed by atoms with E-state index in [1.807, 2.05) is 0 Å². The molecule has 0 radical (unpaired) electrons. The van der Waals surface area contributed by atoms with Crippen molar-refractivity contribution >= 4 is 11.9 Å². The van der Waals surface area contributed by atoms with Crippen LogP contribution in [0.2, 0.25) is 0 Å². The zero-order valence-electron chi connectivity index (χ0n) is 10.7. The summed E-state index contributed by atoms with van der Waals surface area (Å²) in [7, 11) is 0. The quantitative estimate of drug-likeness (QED) is 0.297. The lowest BCUT2D eigenvalue weighted by Crippen LogP contribution is -2.14. The summed E-state index contributed by atoms with van der Waals surface area (Å²) in [5.41, 5.74) is 0.860. The van der Waals surface area contributed by atoms with Gasteiger partial charge in [-0.25, -0.2) is 9.59 Å². The Bertz CT molecular complexity index is 366. The van der Waals surface area contributed by atoms with Crippen LogP contribution in [-0.2, 0) is 23.8 Å². The van der Waals surface area contributed by atoms with Crippen LogP contribution in [0.4, 0.5) is 0 Å². The molecule has 0 aliphatic carbocycles. The molecule has 0 spiro atoms. The van der Waals surface area contributed by atoms with Gasteiger partial charge in [0.15, 0.2) is 0 Å². The van der Waals surface area contributed by atoms with Gasteiger partial charge in [-0.05, 0) is 20.3 Å². The largest absolute Gasteiger partial charge is 0.459 e. The van der Waals surface area contributed by atoms with Gasteiger partial charge in [0, 0.05) is 11.1 Å². The van der Waals surface area contributed by atoms with E-state index in [1.165, 1.54) is 0 Å². The molecule has 18 heavy (non-hydrogen) atoms. The molecular weight excluding hydrogens is 236 g/mol. The third-order valence-electron chi connectivity index (χ3n) is 2.31. The van der Waals surface area contributed by atoms with E-state index in [9.17, 15) is 9.59 Å². The molecule has 100 valence electrons. The van der Waals surface area contributed by atoms with Crippen LogP contribution in [-0.4, -0.2) is 37.9 Å². The predicted octanol–water partition coefficient (Wildman–Crippen LogP) is 1.38. The van der Waals surface area contributed by atoms with E-state index >= 15 is 0 Å². The lowest BCUT2D eigenvalue weighted by molar-refractivity contribution is -0.147. The van der Waals surface area contributed by atoms with Gasteiger partial charge in [-0.15, -0.1) is 0 Å². The molecule has 1 atom stereocenters. The first kappa shape index (κ1) is 14.4. The van der Waals surface area contributed by atoms with Crippen molar-refractivity contribution in [3.8, 4) is 0 Å². The molecule has 1 rings (SSSR count). The summed E-state index contributed by atoms with van der Waals surface area (Å²) in [6.45, 7) is 7.52. The van der Waals surface area contributed by atoms with Crippen molar-refractivity contribution in [2.24, 2.45) is 0 Å². The number of esters is 2. The van der Waals surface area contributed by atoms with Gasteiger partial charge in [-0.3, -0.25) is 0 Å². The van der Waals surface area contributed by atoms with Crippen LogP contribution >= 0.6 is 0 Å². The first-order valence-corrected chi connectivity index (χ1v) is 5.79. The summed E-state index contributed by atoms with van der Waals surface area (Å²) < 4.78 is 14.7. The Kier molecular flexibility index (Phi) is 5.58. The Morgan fingerprint density at radius 1 is 1.28 bits per heavy atom. The fraction of sp³-hybridized carbons (Fsp3) is 0.538. The highest BCUT2D eigenvalue weighted by molar-refractivity contribution is 5.88. The van der Waals surface area contributed by atoms with Crippen LogP contribution in [0.1, 0.15) is 20.3 Å². The average Bonchev–Trinajstić information content (AvgIpc) is 3.14. The molecule has 0 N–H and O–H groups in total. The second-order valence-corrected chi connectivity index (χ2v) is 4.13. The van der Waals surface area contributed by atoms with Crippen LogP contribution in [0, 0.1) is 0 Å². The van der Waals surface area contributed by atoms with E-state index in [0.717, 1.165) is 13.0 Å². The minimum absolute atomic E-state index is 0.0381. The van der Waals surface area contributed by atoms with Crippen LogP contribution in [0.15, 0.2) is 23.8 Å². The fourth-order valence-electron chi connectivity index (χ4n) is 1.10. The van der Waals surface area contributed by atoms with Gasteiger partial charge in [0.1, 0.15) is 13.2 Å². The standard InChI is InChI=1S/C13H18O5/c1-9(2)12(14)16-6-7-17-13(15)10(3)4-5-11-8-18-11/h4,11H,1,5-8H2,2-3H3. The molecule has 1 fully saturated rings. The van der Waals surface area contributed by atoms with Gasteiger partial charge < -0.3 is 14.2 Å². The van der Waals surface area contributed by atoms with Gasteiger partial charge in [-0.2, -0.15) is 0 Å². The molecule has 0 aromatic rings. The smallest absolute Gasteiger partial charge is 0.333 e. The molecule has 0 aromatic carbocycles. The minimum atomic E-state index is -0.482. The number of carbonyl (C=O) groups excluding carboxylic acids is 2. The van der Waals surface area contributed by atoms with Crippen LogP contribution in [0.3, 0.4) is 0 Å². The molecule has 1 saturated heterocycles. The Hall–Kier alpha value is -1.62. The lowest BCUT2D eigenvalue weighted by atomic mass is 10.2. The zero-order chi connectivity index (χ0) is 13.5. The maximum Gasteiger partial charge on any atom is 0.333 e. The molecule has 5 nitrogen and oxygen atoms in total. The molecule has 1 aliphatic heterocycles. The third-order valence-corrected chi connectivity index (χ3v) is 2.31. The summed E-state index contributed by atoms with van der Waals surface area (Å²) in [6.07, 6.45) is 2.77. The van der Waals surface area contributed by atoms with Gasteiger partial charge in [0.25, 0.3) is 0 Å². The Labute approximate surface area is 106 Å². The summed E-state index contributed by atoms with van der Waals surface area (Å²) in [4.78, 5) is 22.5. The molecule has 1 heterocycles. The minimum Gasteiger partial charge on any atom is -0.459 e. The van der Waals surface area contributed by atoms with Crippen molar-refractivity contribution < 1.29 is 23.8 Å². The van der Waals surface area contributed by atoms with Crippen molar-refractivity contribution in [2.45, 2.75) is 26.4 Å². The maximum absolute atomic E-state index is 11.5. The van der Waals surface area contributed by atoms with Crippen molar-refractivity contribution in [1.82, 2.24) is 0 Å². The van der Waals surface area contributed by atoms with E-state index in [1.54, 1.807) is 19.9 Å². The lowest BCUT2D eigenvalue weighted by Gasteiger charge is -2.06. The molecule has 5 heteroatoms. The topological polar surface area (TPSA) is 65.1 Å². The van der Waals surface area contributed by atoms with Gasteiger partial charge in [0.05, 0.1) is 12.7 Å². The summed E-state index contributed by atoms with van der Waals surface area (Å²) >= 11 is 0. The second kappa shape index (κ2) is 6.96. The SMILES string of the molecule is C=C(C)C(=O)OCCOC(=O)C(C)=CCC1CO1. The first-order valence-electron chi connectivity index (χ1n) is 5.79. The fourth-order valence-corrected chi connectivity index (χ4v) is 1.10. The van der Waals surface area contributed by atoms with Crippen LogP contribution in [0.5, 0.6) is 0 Å². The van der Waals surface area contributed by atoms with Crippen LogP contribution < -0.4 is 0 Å². The summed E-state index contributed by atoms with van der Waals surface area (Å²) in [5, 5.41) is 0. The third kappa shape index (κ3) is 5.63.